The SMILES string of the molecule is C=C(C)C(=O)Nc1ccc(-c2ccc(/C=C/c3ccc(C(C)(N)CC)cc3)cc2)cc1. The van der Waals surface area contributed by atoms with E-state index < -0.39 is 0 Å². The van der Waals surface area contributed by atoms with Crippen molar-refractivity contribution in [2.75, 3.05) is 5.32 Å². The average Bonchev–Trinajstić information content (AvgIpc) is 2.79. The fourth-order valence-electron chi connectivity index (χ4n) is 3.14. The van der Waals surface area contributed by atoms with Crippen molar-refractivity contribution < 1.29 is 4.79 Å². The Morgan fingerprint density at radius 1 is 0.903 bits per heavy atom. The first-order valence-corrected chi connectivity index (χ1v) is 10.5. The molecule has 0 bridgehead atoms. The van der Waals surface area contributed by atoms with Gasteiger partial charge in [0, 0.05) is 16.8 Å². The summed E-state index contributed by atoms with van der Waals surface area (Å²) in [7, 11) is 0. The fourth-order valence-corrected chi connectivity index (χ4v) is 3.14. The monoisotopic (exact) mass is 410 g/mol. The van der Waals surface area contributed by atoms with Crippen LogP contribution in [0, 0.1) is 0 Å². The van der Waals surface area contributed by atoms with Crippen LogP contribution in [0.5, 0.6) is 0 Å². The highest BCUT2D eigenvalue weighted by atomic mass is 16.1. The molecule has 0 heterocycles. The maximum atomic E-state index is 11.7. The minimum atomic E-state index is -0.285. The van der Waals surface area contributed by atoms with Crippen molar-refractivity contribution >= 4 is 23.7 Å². The average molecular weight is 411 g/mol. The second-order valence-corrected chi connectivity index (χ2v) is 8.16. The van der Waals surface area contributed by atoms with E-state index in [1.165, 1.54) is 0 Å². The number of rotatable bonds is 7. The molecule has 0 saturated heterocycles. The summed E-state index contributed by atoms with van der Waals surface area (Å²) in [4.78, 5) is 11.7. The van der Waals surface area contributed by atoms with E-state index in [0.29, 0.717) is 5.57 Å². The highest BCUT2D eigenvalue weighted by Crippen LogP contribution is 2.24. The molecule has 1 atom stereocenters. The van der Waals surface area contributed by atoms with Crippen LogP contribution in [0.2, 0.25) is 0 Å². The predicted molar refractivity (Wildman–Crippen MR) is 133 cm³/mol. The zero-order valence-corrected chi connectivity index (χ0v) is 18.5. The molecular weight excluding hydrogens is 380 g/mol. The molecule has 3 heteroatoms. The number of carbonyl (C=O) groups excluding carboxylic acids is 1. The lowest BCUT2D eigenvalue weighted by Gasteiger charge is -2.23. The van der Waals surface area contributed by atoms with Gasteiger partial charge in [-0.2, -0.15) is 0 Å². The molecule has 0 saturated carbocycles. The predicted octanol–water partition coefficient (Wildman–Crippen LogP) is 6.62. The van der Waals surface area contributed by atoms with Gasteiger partial charge < -0.3 is 11.1 Å². The number of amides is 1. The van der Waals surface area contributed by atoms with Gasteiger partial charge in [0.2, 0.25) is 0 Å². The van der Waals surface area contributed by atoms with Crippen molar-refractivity contribution in [3.8, 4) is 11.1 Å². The maximum absolute atomic E-state index is 11.7. The summed E-state index contributed by atoms with van der Waals surface area (Å²) < 4.78 is 0. The number of anilines is 1. The zero-order valence-electron chi connectivity index (χ0n) is 18.5. The van der Waals surface area contributed by atoms with E-state index in [4.69, 9.17) is 5.73 Å². The molecular formula is C28H30N2O. The van der Waals surface area contributed by atoms with Crippen LogP contribution >= 0.6 is 0 Å². The molecule has 0 aliphatic carbocycles. The van der Waals surface area contributed by atoms with Crippen LogP contribution in [-0.2, 0) is 10.3 Å². The third-order valence-electron chi connectivity index (χ3n) is 5.55. The Hall–Kier alpha value is -3.43. The number of nitrogens with one attached hydrogen (secondary N) is 1. The molecule has 31 heavy (non-hydrogen) atoms. The number of benzene rings is 3. The molecule has 0 aliphatic rings. The number of hydrogen-bond donors (Lipinski definition) is 2. The highest BCUT2D eigenvalue weighted by Gasteiger charge is 2.17. The smallest absolute Gasteiger partial charge is 0.250 e. The summed E-state index contributed by atoms with van der Waals surface area (Å²) in [6.45, 7) is 9.51. The topological polar surface area (TPSA) is 55.1 Å². The van der Waals surface area contributed by atoms with E-state index in [-0.39, 0.29) is 11.4 Å². The molecule has 3 aromatic rings. The van der Waals surface area contributed by atoms with Gasteiger partial charge in [-0.05, 0) is 60.2 Å². The van der Waals surface area contributed by atoms with Gasteiger partial charge in [0.05, 0.1) is 0 Å². The van der Waals surface area contributed by atoms with Crippen molar-refractivity contribution in [1.29, 1.82) is 0 Å². The van der Waals surface area contributed by atoms with Crippen molar-refractivity contribution in [1.82, 2.24) is 0 Å². The number of carbonyl (C=O) groups is 1. The summed E-state index contributed by atoms with van der Waals surface area (Å²) in [6.07, 6.45) is 5.12. The van der Waals surface area contributed by atoms with Gasteiger partial charge in [-0.3, -0.25) is 4.79 Å². The molecule has 3 nitrogen and oxygen atoms in total. The Kier molecular flexibility index (Phi) is 6.88. The third kappa shape index (κ3) is 5.80. The molecule has 0 aromatic heterocycles. The first-order valence-electron chi connectivity index (χ1n) is 10.5. The van der Waals surface area contributed by atoms with Crippen LogP contribution in [0.4, 0.5) is 5.69 Å². The number of hydrogen-bond acceptors (Lipinski definition) is 2. The Balaban J connectivity index is 1.66. The quantitative estimate of drug-likeness (QED) is 0.339. The molecule has 3 N–H and O–H groups in total. The number of nitrogens with two attached hydrogens (primary N) is 1. The van der Waals surface area contributed by atoms with Gasteiger partial charge in [0.1, 0.15) is 0 Å². The molecule has 3 aromatic carbocycles. The first-order chi connectivity index (χ1) is 14.8. The lowest BCUT2D eigenvalue weighted by atomic mass is 9.90. The lowest BCUT2D eigenvalue weighted by molar-refractivity contribution is -0.112. The van der Waals surface area contributed by atoms with Gasteiger partial charge >= 0.3 is 0 Å². The normalized spacial score (nSPS) is 13.0. The van der Waals surface area contributed by atoms with Crippen LogP contribution in [0.25, 0.3) is 23.3 Å². The van der Waals surface area contributed by atoms with E-state index in [9.17, 15) is 4.79 Å². The van der Waals surface area contributed by atoms with Gasteiger partial charge in [-0.15, -0.1) is 0 Å². The summed E-state index contributed by atoms with van der Waals surface area (Å²) in [5.74, 6) is -0.166. The fraction of sp³-hybridized carbons (Fsp3) is 0.179. The van der Waals surface area contributed by atoms with Gasteiger partial charge in [0.25, 0.3) is 5.91 Å². The molecule has 0 aliphatic heterocycles. The van der Waals surface area contributed by atoms with Crippen LogP contribution in [-0.4, -0.2) is 5.91 Å². The molecule has 3 rings (SSSR count). The van der Waals surface area contributed by atoms with Crippen molar-refractivity contribution in [3.05, 3.63) is 102 Å². The second-order valence-electron chi connectivity index (χ2n) is 8.16. The molecule has 0 fully saturated rings. The summed E-state index contributed by atoms with van der Waals surface area (Å²) >= 11 is 0. The standard InChI is InChI=1S/C28H30N2O/c1-5-28(4,29)25-16-10-22(11-17-25)7-6-21-8-12-23(13-9-21)24-14-18-26(19-15-24)30-27(31)20(2)3/h6-19H,2,5,29H2,1,3-4H3,(H,30,31)/b7-6+. The Labute approximate surface area is 185 Å². The molecule has 1 amide bonds. The van der Waals surface area contributed by atoms with Crippen molar-refractivity contribution in [2.45, 2.75) is 32.7 Å². The van der Waals surface area contributed by atoms with Crippen molar-refractivity contribution in [3.63, 3.8) is 0 Å². The van der Waals surface area contributed by atoms with Crippen LogP contribution < -0.4 is 11.1 Å². The van der Waals surface area contributed by atoms with E-state index in [0.717, 1.165) is 39.9 Å². The highest BCUT2D eigenvalue weighted by molar-refractivity contribution is 6.02. The van der Waals surface area contributed by atoms with E-state index in [1.807, 2.05) is 24.3 Å². The van der Waals surface area contributed by atoms with Gasteiger partial charge in [-0.25, -0.2) is 0 Å². The minimum Gasteiger partial charge on any atom is -0.322 e. The van der Waals surface area contributed by atoms with Gasteiger partial charge in [0.15, 0.2) is 0 Å². The molecule has 0 radical (unpaired) electrons. The zero-order chi connectivity index (χ0) is 22.4. The van der Waals surface area contributed by atoms with Crippen LogP contribution in [0.1, 0.15) is 43.9 Å². The Bertz CT molecular complexity index is 1070. The summed E-state index contributed by atoms with van der Waals surface area (Å²) in [5, 5.41) is 2.82. The molecule has 1 unspecified atom stereocenters. The largest absolute Gasteiger partial charge is 0.322 e. The van der Waals surface area contributed by atoms with Crippen molar-refractivity contribution in [2.24, 2.45) is 5.73 Å². The van der Waals surface area contributed by atoms with E-state index in [2.05, 4.69) is 86.4 Å². The van der Waals surface area contributed by atoms with Crippen LogP contribution in [0.3, 0.4) is 0 Å². The van der Waals surface area contributed by atoms with E-state index in [1.54, 1.807) is 6.92 Å². The first kappa shape index (κ1) is 22.3. The second kappa shape index (κ2) is 9.59. The Morgan fingerprint density at radius 3 is 1.81 bits per heavy atom. The molecule has 0 spiro atoms. The molecule has 158 valence electrons. The van der Waals surface area contributed by atoms with E-state index >= 15 is 0 Å². The van der Waals surface area contributed by atoms with Crippen LogP contribution in [0.15, 0.2) is 84.9 Å². The third-order valence-corrected chi connectivity index (χ3v) is 5.55. The summed E-state index contributed by atoms with van der Waals surface area (Å²) in [5.41, 5.74) is 12.9. The lowest BCUT2D eigenvalue weighted by Crippen LogP contribution is -2.31. The minimum absolute atomic E-state index is 0.166. The summed E-state index contributed by atoms with van der Waals surface area (Å²) in [6, 6.07) is 24.6. The Morgan fingerprint density at radius 2 is 1.35 bits per heavy atom. The van der Waals surface area contributed by atoms with Gasteiger partial charge in [-0.1, -0.05) is 86.3 Å². The maximum Gasteiger partial charge on any atom is 0.250 e.